The standard InChI is InChI=1S/C9H20N4OSi2/c1-15(2,3)13-8-10-7-11-9(12-8)14-16(4,5)6/h7H,1-6H3,(H,10,11,12,13). The maximum absolute atomic E-state index is 5.71. The van der Waals surface area contributed by atoms with Crippen LogP contribution in [0, 0.1) is 0 Å². The van der Waals surface area contributed by atoms with Crippen LogP contribution >= 0.6 is 0 Å². The average molecular weight is 256 g/mol. The van der Waals surface area contributed by atoms with Gasteiger partial charge in [-0.3, -0.25) is 0 Å². The van der Waals surface area contributed by atoms with Crippen LogP contribution in [0.4, 0.5) is 5.95 Å². The lowest BCUT2D eigenvalue weighted by molar-refractivity contribution is 0.507. The number of hydrogen-bond donors (Lipinski definition) is 1. The Kier molecular flexibility index (Phi) is 3.69. The van der Waals surface area contributed by atoms with Crippen molar-refractivity contribution in [2.45, 2.75) is 39.3 Å². The van der Waals surface area contributed by atoms with Crippen molar-refractivity contribution in [2.75, 3.05) is 4.98 Å². The summed E-state index contributed by atoms with van der Waals surface area (Å²) >= 11 is 0. The molecule has 0 fully saturated rings. The Balaban J connectivity index is 2.79. The van der Waals surface area contributed by atoms with Gasteiger partial charge in [-0.1, -0.05) is 19.6 Å². The minimum absolute atomic E-state index is 0.426. The first-order chi connectivity index (χ1) is 7.16. The summed E-state index contributed by atoms with van der Waals surface area (Å²) < 4.78 is 5.71. The van der Waals surface area contributed by atoms with Crippen molar-refractivity contribution >= 4 is 22.5 Å². The van der Waals surface area contributed by atoms with E-state index in [0.717, 1.165) is 0 Å². The largest absolute Gasteiger partial charge is 0.518 e. The van der Waals surface area contributed by atoms with Crippen molar-refractivity contribution < 1.29 is 4.43 Å². The maximum Gasteiger partial charge on any atom is 0.307 e. The molecule has 16 heavy (non-hydrogen) atoms. The molecule has 0 aromatic carbocycles. The summed E-state index contributed by atoms with van der Waals surface area (Å²) in [6.07, 6.45) is 1.49. The molecule has 0 atom stereocenters. The van der Waals surface area contributed by atoms with E-state index >= 15 is 0 Å². The Labute approximate surface area is 98.9 Å². The molecule has 1 aromatic heterocycles. The molecule has 0 aliphatic heterocycles. The number of nitrogens with zero attached hydrogens (tertiary/aromatic N) is 3. The number of aromatic nitrogens is 3. The van der Waals surface area contributed by atoms with Gasteiger partial charge in [0.2, 0.25) is 14.3 Å². The fourth-order valence-corrected chi connectivity index (χ4v) is 2.44. The van der Waals surface area contributed by atoms with E-state index in [9.17, 15) is 0 Å². The molecule has 7 heteroatoms. The second-order valence-electron chi connectivity index (χ2n) is 5.68. The van der Waals surface area contributed by atoms with Crippen molar-refractivity contribution in [2.24, 2.45) is 0 Å². The molecule has 0 unspecified atom stereocenters. The van der Waals surface area contributed by atoms with Crippen LogP contribution in [0.25, 0.3) is 0 Å². The van der Waals surface area contributed by atoms with Crippen LogP contribution in [0.2, 0.25) is 39.3 Å². The van der Waals surface area contributed by atoms with E-state index in [1.54, 1.807) is 0 Å². The molecule has 0 aliphatic carbocycles. The van der Waals surface area contributed by atoms with Crippen molar-refractivity contribution in [1.29, 1.82) is 0 Å². The van der Waals surface area contributed by atoms with Gasteiger partial charge in [0.15, 0.2) is 0 Å². The number of anilines is 1. The number of rotatable bonds is 4. The molecular formula is C9H20N4OSi2. The topological polar surface area (TPSA) is 59.9 Å². The lowest BCUT2D eigenvalue weighted by Gasteiger charge is -2.20. The van der Waals surface area contributed by atoms with E-state index in [-0.39, 0.29) is 0 Å². The predicted octanol–water partition coefficient (Wildman–Crippen LogP) is 2.33. The molecule has 1 aromatic rings. The van der Waals surface area contributed by atoms with Crippen LogP contribution < -0.4 is 9.41 Å². The smallest absolute Gasteiger partial charge is 0.307 e. The van der Waals surface area contributed by atoms with Gasteiger partial charge < -0.3 is 9.41 Å². The minimum Gasteiger partial charge on any atom is -0.518 e. The second kappa shape index (κ2) is 4.50. The Hall–Kier alpha value is -0.956. The lowest BCUT2D eigenvalue weighted by Crippen LogP contribution is -2.34. The predicted molar refractivity (Wildman–Crippen MR) is 70.8 cm³/mol. The molecule has 1 heterocycles. The van der Waals surface area contributed by atoms with Crippen LogP contribution in [0.15, 0.2) is 6.33 Å². The SMILES string of the molecule is C[Si](C)(C)Nc1ncnc(O[Si](C)(C)C)n1. The first-order valence-corrected chi connectivity index (χ1v) is 12.2. The summed E-state index contributed by atoms with van der Waals surface area (Å²) in [6, 6.07) is 0.426. The Morgan fingerprint density at radius 1 is 1.06 bits per heavy atom. The highest BCUT2D eigenvalue weighted by atomic mass is 28.4. The zero-order chi connectivity index (χ0) is 12.4. The first-order valence-electron chi connectivity index (χ1n) is 5.32. The van der Waals surface area contributed by atoms with Crippen molar-refractivity contribution in [3.8, 4) is 6.01 Å². The fraction of sp³-hybridized carbons (Fsp3) is 0.667. The Morgan fingerprint density at radius 3 is 2.19 bits per heavy atom. The lowest BCUT2D eigenvalue weighted by atomic mass is 10.9. The van der Waals surface area contributed by atoms with E-state index in [0.29, 0.717) is 12.0 Å². The van der Waals surface area contributed by atoms with Crippen molar-refractivity contribution in [1.82, 2.24) is 15.0 Å². The van der Waals surface area contributed by atoms with Gasteiger partial charge in [0.1, 0.15) is 14.6 Å². The van der Waals surface area contributed by atoms with Gasteiger partial charge in [0.25, 0.3) is 0 Å². The van der Waals surface area contributed by atoms with Gasteiger partial charge in [0, 0.05) is 0 Å². The van der Waals surface area contributed by atoms with Gasteiger partial charge >= 0.3 is 6.01 Å². The average Bonchev–Trinajstić information content (AvgIpc) is 1.96. The summed E-state index contributed by atoms with van der Waals surface area (Å²) in [5, 5.41) is 0. The van der Waals surface area contributed by atoms with E-state index in [2.05, 4.69) is 59.2 Å². The van der Waals surface area contributed by atoms with Gasteiger partial charge in [-0.2, -0.15) is 9.97 Å². The van der Waals surface area contributed by atoms with Crippen molar-refractivity contribution in [3.63, 3.8) is 0 Å². The molecule has 0 bridgehead atoms. The van der Waals surface area contributed by atoms with Gasteiger partial charge in [-0.25, -0.2) is 4.98 Å². The summed E-state index contributed by atoms with van der Waals surface area (Å²) in [6.45, 7) is 12.9. The maximum atomic E-state index is 5.71. The third-order valence-electron chi connectivity index (χ3n) is 1.43. The zero-order valence-corrected chi connectivity index (χ0v) is 12.8. The quantitative estimate of drug-likeness (QED) is 0.838. The molecular weight excluding hydrogens is 236 g/mol. The van der Waals surface area contributed by atoms with E-state index in [1.807, 2.05) is 0 Å². The van der Waals surface area contributed by atoms with Gasteiger partial charge in [0.05, 0.1) is 0 Å². The molecule has 1 rings (SSSR count). The summed E-state index contributed by atoms with van der Waals surface area (Å²) in [5.74, 6) is 0.613. The highest BCUT2D eigenvalue weighted by Gasteiger charge is 2.19. The van der Waals surface area contributed by atoms with E-state index in [4.69, 9.17) is 4.43 Å². The summed E-state index contributed by atoms with van der Waals surface area (Å²) in [4.78, 5) is 15.7. The number of nitrogens with one attached hydrogen (secondary N) is 1. The third kappa shape index (κ3) is 5.22. The third-order valence-corrected chi connectivity index (χ3v) is 3.20. The molecule has 0 saturated heterocycles. The molecule has 0 spiro atoms. The molecule has 90 valence electrons. The molecule has 0 aliphatic rings. The molecule has 5 nitrogen and oxygen atoms in total. The second-order valence-corrected chi connectivity index (χ2v) is 14.9. The normalized spacial score (nSPS) is 12.4. The highest BCUT2D eigenvalue weighted by Crippen LogP contribution is 2.12. The molecule has 1 N–H and O–H groups in total. The van der Waals surface area contributed by atoms with Gasteiger partial charge in [-0.05, 0) is 19.6 Å². The van der Waals surface area contributed by atoms with Crippen LogP contribution in [0.5, 0.6) is 6.01 Å². The van der Waals surface area contributed by atoms with Crippen LogP contribution in [0.1, 0.15) is 0 Å². The number of hydrogen-bond acceptors (Lipinski definition) is 5. The summed E-state index contributed by atoms with van der Waals surface area (Å²) in [7, 11) is -3.08. The van der Waals surface area contributed by atoms with Crippen LogP contribution in [-0.2, 0) is 0 Å². The van der Waals surface area contributed by atoms with Crippen LogP contribution in [-0.4, -0.2) is 31.5 Å². The Bertz CT molecular complexity index is 328. The fourth-order valence-electron chi connectivity index (χ4n) is 1.000. The summed E-state index contributed by atoms with van der Waals surface area (Å²) in [5.41, 5.74) is 0. The highest BCUT2D eigenvalue weighted by molar-refractivity contribution is 6.79. The minimum atomic E-state index is -1.65. The molecule has 0 amide bonds. The zero-order valence-electron chi connectivity index (χ0n) is 10.8. The first kappa shape index (κ1) is 13.1. The van der Waals surface area contributed by atoms with Crippen LogP contribution in [0.3, 0.4) is 0 Å². The molecule has 0 radical (unpaired) electrons. The van der Waals surface area contributed by atoms with Gasteiger partial charge in [-0.15, -0.1) is 0 Å². The Morgan fingerprint density at radius 2 is 1.69 bits per heavy atom. The monoisotopic (exact) mass is 256 g/mol. The van der Waals surface area contributed by atoms with Crippen molar-refractivity contribution in [3.05, 3.63) is 6.33 Å². The van der Waals surface area contributed by atoms with E-state index in [1.165, 1.54) is 6.33 Å². The molecule has 0 saturated carbocycles. The van der Waals surface area contributed by atoms with E-state index < -0.39 is 16.6 Å².